The van der Waals surface area contributed by atoms with Crippen molar-refractivity contribution in [1.29, 1.82) is 0 Å². The van der Waals surface area contributed by atoms with Crippen LogP contribution >= 0.6 is 0 Å². The van der Waals surface area contributed by atoms with Crippen molar-refractivity contribution in [3.8, 4) is 16.8 Å². The lowest BCUT2D eigenvalue weighted by Crippen LogP contribution is -1.88. The molecule has 0 aliphatic rings. The molecule has 6 nitrogen and oxygen atoms in total. The normalized spacial score (nSPS) is 11.9. The minimum absolute atomic E-state index is 0.764. The van der Waals surface area contributed by atoms with Gasteiger partial charge in [-0.1, -0.05) is 6.07 Å². The van der Waals surface area contributed by atoms with Gasteiger partial charge < -0.3 is 13.4 Å². The summed E-state index contributed by atoms with van der Waals surface area (Å²) in [5, 5.41) is 1.95. The van der Waals surface area contributed by atoms with Gasteiger partial charge in [0.15, 0.2) is 11.2 Å². The zero-order valence-corrected chi connectivity index (χ0v) is 16.2. The quantitative estimate of drug-likeness (QED) is 0.348. The first-order valence-corrected chi connectivity index (χ1v) is 9.92. The van der Waals surface area contributed by atoms with E-state index in [1.165, 1.54) is 0 Å². The number of nitrogens with zero attached hydrogens (tertiary/aromatic N) is 4. The van der Waals surface area contributed by atoms with Gasteiger partial charge >= 0.3 is 0 Å². The molecule has 0 spiro atoms. The van der Waals surface area contributed by atoms with Crippen LogP contribution in [0.4, 0.5) is 0 Å². The van der Waals surface area contributed by atoms with Gasteiger partial charge in [0, 0.05) is 46.8 Å². The number of aromatic nitrogens is 4. The van der Waals surface area contributed by atoms with Gasteiger partial charge in [-0.3, -0.25) is 9.97 Å². The lowest BCUT2D eigenvalue weighted by atomic mass is 10.0. The molecule has 6 heteroatoms. The highest BCUT2D eigenvalue weighted by Crippen LogP contribution is 2.37. The van der Waals surface area contributed by atoms with Gasteiger partial charge in [-0.15, -0.1) is 0 Å². The van der Waals surface area contributed by atoms with E-state index in [4.69, 9.17) is 8.83 Å². The summed E-state index contributed by atoms with van der Waals surface area (Å²) in [7, 11) is 0. The molecule has 146 valence electrons. The van der Waals surface area contributed by atoms with Crippen molar-refractivity contribution in [2.75, 3.05) is 0 Å². The Morgan fingerprint density at radius 3 is 2.52 bits per heavy atom. The van der Waals surface area contributed by atoms with Crippen LogP contribution in [0.3, 0.4) is 0 Å². The van der Waals surface area contributed by atoms with E-state index in [1.807, 2.05) is 59.4 Å². The molecular formula is C25H14N4O2. The van der Waals surface area contributed by atoms with E-state index in [-0.39, 0.29) is 0 Å². The summed E-state index contributed by atoms with van der Waals surface area (Å²) in [4.78, 5) is 13.3. The van der Waals surface area contributed by atoms with Gasteiger partial charge in [-0.25, -0.2) is 4.98 Å². The fraction of sp³-hybridized carbons (Fsp3) is 0. The molecule has 0 aliphatic carbocycles. The third-order valence-corrected chi connectivity index (χ3v) is 5.67. The average Bonchev–Trinajstić information content (AvgIpc) is 3.55. The smallest absolute Gasteiger partial charge is 0.161 e. The number of benzene rings is 2. The maximum atomic E-state index is 6.26. The molecule has 0 aliphatic heterocycles. The van der Waals surface area contributed by atoms with Gasteiger partial charge in [0.25, 0.3) is 0 Å². The fourth-order valence-electron chi connectivity index (χ4n) is 4.21. The molecule has 0 fully saturated rings. The minimum atomic E-state index is 0.764. The van der Waals surface area contributed by atoms with Crippen molar-refractivity contribution >= 4 is 44.1 Å². The molecule has 0 atom stereocenters. The summed E-state index contributed by atoms with van der Waals surface area (Å²) in [6, 6.07) is 18.0. The molecular weight excluding hydrogens is 388 g/mol. The Hall–Kier alpha value is -4.45. The van der Waals surface area contributed by atoms with Crippen LogP contribution in [0.5, 0.6) is 0 Å². The second-order valence-electron chi connectivity index (χ2n) is 7.45. The Bertz CT molecular complexity index is 1740. The zero-order valence-electron chi connectivity index (χ0n) is 16.2. The highest BCUT2D eigenvalue weighted by Gasteiger charge is 2.16. The molecule has 0 bridgehead atoms. The van der Waals surface area contributed by atoms with Crippen molar-refractivity contribution in [2.45, 2.75) is 0 Å². The Labute approximate surface area is 175 Å². The largest absolute Gasteiger partial charge is 0.454 e. The van der Waals surface area contributed by atoms with Crippen molar-refractivity contribution < 1.29 is 8.83 Å². The van der Waals surface area contributed by atoms with Crippen molar-refractivity contribution in [3.63, 3.8) is 0 Å². The van der Waals surface area contributed by atoms with E-state index >= 15 is 0 Å². The number of furan rings is 2. The van der Waals surface area contributed by atoms with Crippen LogP contribution in [0.25, 0.3) is 61.0 Å². The standard InChI is InChI=1S/C25H14N4O2/c1-2-22-23(27-8-1)18-12-15(3-5-20(18)30-22)17-7-9-28-24-19-13-16(29-11-10-26-14-29)4-6-21(19)31-25(17)24/h1-14H. The van der Waals surface area contributed by atoms with E-state index in [9.17, 15) is 0 Å². The zero-order chi connectivity index (χ0) is 20.4. The highest BCUT2D eigenvalue weighted by molar-refractivity contribution is 6.09. The molecule has 0 saturated heterocycles. The Morgan fingerprint density at radius 1 is 0.710 bits per heavy atom. The molecule has 31 heavy (non-hydrogen) atoms. The number of hydrogen-bond donors (Lipinski definition) is 0. The Balaban J connectivity index is 1.47. The number of imidazole rings is 1. The second-order valence-corrected chi connectivity index (χ2v) is 7.45. The monoisotopic (exact) mass is 402 g/mol. The lowest BCUT2D eigenvalue weighted by Gasteiger charge is -2.02. The van der Waals surface area contributed by atoms with Gasteiger partial charge in [0.1, 0.15) is 22.2 Å². The van der Waals surface area contributed by atoms with Crippen LogP contribution in [-0.4, -0.2) is 19.5 Å². The third-order valence-electron chi connectivity index (χ3n) is 5.67. The maximum absolute atomic E-state index is 6.26. The average molecular weight is 402 g/mol. The second kappa shape index (κ2) is 6.03. The first-order valence-electron chi connectivity index (χ1n) is 9.92. The number of fused-ring (bicyclic) bond motifs is 6. The van der Waals surface area contributed by atoms with Crippen LogP contribution in [0.2, 0.25) is 0 Å². The van der Waals surface area contributed by atoms with Gasteiger partial charge in [-0.2, -0.15) is 0 Å². The van der Waals surface area contributed by atoms with Crippen LogP contribution in [-0.2, 0) is 0 Å². The van der Waals surface area contributed by atoms with E-state index < -0.39 is 0 Å². The molecule has 7 rings (SSSR count). The van der Waals surface area contributed by atoms with Gasteiger partial charge in [-0.05, 0) is 54.1 Å². The highest BCUT2D eigenvalue weighted by atomic mass is 16.3. The van der Waals surface area contributed by atoms with Gasteiger partial charge in [0.05, 0.1) is 6.33 Å². The molecule has 5 aromatic heterocycles. The first kappa shape index (κ1) is 16.4. The van der Waals surface area contributed by atoms with Crippen LogP contribution in [0.15, 0.2) is 94.5 Å². The van der Waals surface area contributed by atoms with E-state index in [2.05, 4.69) is 27.1 Å². The lowest BCUT2D eigenvalue weighted by molar-refractivity contribution is 0.667. The molecule has 0 unspecified atom stereocenters. The predicted molar refractivity (Wildman–Crippen MR) is 119 cm³/mol. The van der Waals surface area contributed by atoms with E-state index in [0.29, 0.717) is 0 Å². The van der Waals surface area contributed by atoms with Crippen molar-refractivity contribution in [1.82, 2.24) is 19.5 Å². The fourth-order valence-corrected chi connectivity index (χ4v) is 4.21. The van der Waals surface area contributed by atoms with E-state index in [1.54, 1.807) is 18.7 Å². The van der Waals surface area contributed by atoms with Crippen molar-refractivity contribution in [3.05, 3.63) is 85.7 Å². The first-order chi connectivity index (χ1) is 15.3. The summed E-state index contributed by atoms with van der Waals surface area (Å²) in [6.45, 7) is 0. The minimum Gasteiger partial charge on any atom is -0.454 e. The molecule has 0 N–H and O–H groups in total. The maximum Gasteiger partial charge on any atom is 0.161 e. The SMILES string of the molecule is c1cnc2c(c1)oc1ccc(-c3ccnc4c3oc3ccc(-n5ccnc5)cc34)cc12. The molecule has 5 heterocycles. The summed E-state index contributed by atoms with van der Waals surface area (Å²) >= 11 is 0. The predicted octanol–water partition coefficient (Wildman–Crippen LogP) is 6.13. The molecule has 7 aromatic rings. The Morgan fingerprint density at radius 2 is 1.58 bits per heavy atom. The molecule has 0 radical (unpaired) electrons. The number of hydrogen-bond acceptors (Lipinski definition) is 5. The Kier molecular flexibility index (Phi) is 3.18. The summed E-state index contributed by atoms with van der Waals surface area (Å²) < 4.78 is 14.2. The molecule has 0 saturated carbocycles. The topological polar surface area (TPSA) is 69.9 Å². The summed E-state index contributed by atoms with van der Waals surface area (Å²) in [5.41, 5.74) is 7.89. The van der Waals surface area contributed by atoms with E-state index in [0.717, 1.165) is 61.0 Å². The number of pyridine rings is 2. The van der Waals surface area contributed by atoms with Crippen LogP contribution in [0.1, 0.15) is 0 Å². The van der Waals surface area contributed by atoms with Gasteiger partial charge in [0.2, 0.25) is 0 Å². The van der Waals surface area contributed by atoms with Crippen LogP contribution in [0, 0.1) is 0 Å². The van der Waals surface area contributed by atoms with Crippen molar-refractivity contribution in [2.24, 2.45) is 0 Å². The van der Waals surface area contributed by atoms with Crippen LogP contribution < -0.4 is 0 Å². The summed E-state index contributed by atoms with van der Waals surface area (Å²) in [6.07, 6.45) is 9.07. The molecule has 2 aromatic carbocycles. The number of rotatable bonds is 2. The molecule has 0 amide bonds. The summed E-state index contributed by atoms with van der Waals surface area (Å²) in [5.74, 6) is 0. The third kappa shape index (κ3) is 2.36.